The van der Waals surface area contributed by atoms with Gasteiger partial charge in [0.05, 0.1) is 7.11 Å². The molecule has 0 saturated heterocycles. The van der Waals surface area contributed by atoms with Crippen LogP contribution >= 0.6 is 0 Å². The smallest absolute Gasteiger partial charge is 0.249 e. The quantitative estimate of drug-likeness (QED) is 0.793. The normalized spacial score (nSPS) is 13.9. The Hall–Kier alpha value is -2.37. The summed E-state index contributed by atoms with van der Waals surface area (Å²) in [5, 5.41) is 7.16. The Morgan fingerprint density at radius 1 is 1.35 bits per heavy atom. The molecule has 2 atom stereocenters. The van der Waals surface area contributed by atoms with Gasteiger partial charge in [-0.3, -0.25) is 4.79 Å². The lowest BCUT2D eigenvalue weighted by atomic mass is 9.91. The van der Waals surface area contributed by atoms with Gasteiger partial charge in [-0.25, -0.2) is 0 Å². The Bertz CT molecular complexity index is 734. The van der Waals surface area contributed by atoms with Gasteiger partial charge in [-0.15, -0.1) is 0 Å². The van der Waals surface area contributed by atoms with Crippen LogP contribution < -0.4 is 10.1 Å². The molecule has 0 aliphatic rings. The van der Waals surface area contributed by atoms with Crippen LogP contribution in [0.5, 0.6) is 5.75 Å². The summed E-state index contributed by atoms with van der Waals surface area (Å²) in [5.74, 6) is 1.81. The van der Waals surface area contributed by atoms with Crippen LogP contribution in [0.4, 0.5) is 0 Å². The maximum Gasteiger partial charge on any atom is 0.249 e. The number of nitrogens with one attached hydrogen (secondary N) is 1. The van der Waals surface area contributed by atoms with Gasteiger partial charge >= 0.3 is 0 Å². The monoisotopic (exact) mass is 359 g/mol. The van der Waals surface area contributed by atoms with Gasteiger partial charge in [-0.2, -0.15) is 4.98 Å². The summed E-state index contributed by atoms with van der Waals surface area (Å²) in [7, 11) is 1.62. The first kappa shape index (κ1) is 19.9. The first-order valence-corrected chi connectivity index (χ1v) is 9.01. The fraction of sp³-hybridized carbons (Fsp3) is 0.550. The number of hydrogen-bond donors (Lipinski definition) is 1. The van der Waals surface area contributed by atoms with Crippen molar-refractivity contribution in [2.24, 2.45) is 11.3 Å². The molecule has 6 heteroatoms. The van der Waals surface area contributed by atoms with Crippen LogP contribution in [-0.4, -0.2) is 23.2 Å². The second-order valence-electron chi connectivity index (χ2n) is 7.86. The predicted octanol–water partition coefficient (Wildman–Crippen LogP) is 4.38. The van der Waals surface area contributed by atoms with Crippen molar-refractivity contribution in [3.8, 4) is 17.1 Å². The van der Waals surface area contributed by atoms with E-state index in [2.05, 4.69) is 29.3 Å². The molecule has 0 fully saturated rings. The first-order valence-electron chi connectivity index (χ1n) is 9.01. The fourth-order valence-corrected chi connectivity index (χ4v) is 2.63. The number of hydrogen-bond acceptors (Lipinski definition) is 5. The van der Waals surface area contributed by atoms with Gasteiger partial charge in [0, 0.05) is 12.0 Å². The molecular formula is C20H29N3O3. The van der Waals surface area contributed by atoms with E-state index in [1.165, 1.54) is 0 Å². The summed E-state index contributed by atoms with van der Waals surface area (Å²) in [6.45, 7) is 10.3. The van der Waals surface area contributed by atoms with Crippen LogP contribution in [0.25, 0.3) is 11.4 Å². The molecule has 0 unspecified atom stereocenters. The molecule has 0 aliphatic carbocycles. The van der Waals surface area contributed by atoms with Crippen LogP contribution in [0.2, 0.25) is 0 Å². The zero-order valence-electron chi connectivity index (χ0n) is 16.5. The van der Waals surface area contributed by atoms with Gasteiger partial charge in [-0.1, -0.05) is 58.3 Å². The van der Waals surface area contributed by atoms with Crippen molar-refractivity contribution in [3.63, 3.8) is 0 Å². The van der Waals surface area contributed by atoms with E-state index in [1.807, 2.05) is 45.0 Å². The average molecular weight is 359 g/mol. The minimum atomic E-state index is -0.304. The molecule has 2 aromatic rings. The molecule has 1 aromatic heterocycles. The third-order valence-corrected chi connectivity index (χ3v) is 4.26. The van der Waals surface area contributed by atoms with Crippen LogP contribution in [0.1, 0.15) is 59.4 Å². The number of benzene rings is 1. The van der Waals surface area contributed by atoms with E-state index in [0.29, 0.717) is 18.1 Å². The number of aromatic nitrogens is 2. The topological polar surface area (TPSA) is 77.2 Å². The van der Waals surface area contributed by atoms with Crippen molar-refractivity contribution >= 4 is 5.91 Å². The third-order valence-electron chi connectivity index (χ3n) is 4.26. The Morgan fingerprint density at radius 2 is 2.08 bits per heavy atom. The van der Waals surface area contributed by atoms with Crippen LogP contribution in [0.3, 0.4) is 0 Å². The molecule has 2 rings (SSSR count). The zero-order valence-corrected chi connectivity index (χ0v) is 16.5. The minimum absolute atomic E-state index is 0.0102. The molecule has 0 spiro atoms. The van der Waals surface area contributed by atoms with Crippen molar-refractivity contribution in [1.82, 2.24) is 15.5 Å². The zero-order chi connectivity index (χ0) is 19.3. The molecule has 0 bridgehead atoms. The summed E-state index contributed by atoms with van der Waals surface area (Å²) in [4.78, 5) is 16.9. The van der Waals surface area contributed by atoms with Crippen LogP contribution in [0, 0.1) is 11.3 Å². The molecular weight excluding hydrogens is 330 g/mol. The van der Waals surface area contributed by atoms with E-state index in [-0.39, 0.29) is 23.3 Å². The summed E-state index contributed by atoms with van der Waals surface area (Å²) < 4.78 is 10.7. The van der Waals surface area contributed by atoms with Crippen LogP contribution in [-0.2, 0) is 4.79 Å². The second-order valence-corrected chi connectivity index (χ2v) is 7.86. The third kappa shape index (κ3) is 5.31. The molecule has 1 amide bonds. The molecule has 1 heterocycles. The molecule has 0 radical (unpaired) electrons. The van der Waals surface area contributed by atoms with E-state index < -0.39 is 0 Å². The van der Waals surface area contributed by atoms with Gasteiger partial charge in [0.1, 0.15) is 11.8 Å². The fourth-order valence-electron chi connectivity index (χ4n) is 2.63. The molecule has 0 saturated carbocycles. The highest BCUT2D eigenvalue weighted by molar-refractivity contribution is 5.77. The average Bonchev–Trinajstić information content (AvgIpc) is 3.07. The van der Waals surface area contributed by atoms with Gasteiger partial charge in [0.15, 0.2) is 0 Å². The van der Waals surface area contributed by atoms with Gasteiger partial charge < -0.3 is 14.6 Å². The number of methoxy groups -OCH3 is 1. The number of amides is 1. The lowest BCUT2D eigenvalue weighted by molar-refractivity contribution is -0.124. The van der Waals surface area contributed by atoms with E-state index in [9.17, 15) is 4.79 Å². The highest BCUT2D eigenvalue weighted by atomic mass is 16.5. The Balaban J connectivity index is 2.23. The standard InChI is InChI=1S/C20H29N3O3/c1-7-13(2)17(21-16(24)12-20(3,4)5)19-22-18(23-26-19)14-9-8-10-15(11-14)25-6/h8-11,13,17H,7,12H2,1-6H3,(H,21,24)/t13-,17+/m1/s1. The maximum atomic E-state index is 12.4. The highest BCUT2D eigenvalue weighted by Crippen LogP contribution is 2.28. The summed E-state index contributed by atoms with van der Waals surface area (Å²) in [6.07, 6.45) is 1.33. The molecule has 142 valence electrons. The summed E-state index contributed by atoms with van der Waals surface area (Å²) >= 11 is 0. The van der Waals surface area contributed by atoms with Crippen molar-refractivity contribution in [2.45, 2.75) is 53.5 Å². The summed E-state index contributed by atoms with van der Waals surface area (Å²) in [6, 6.07) is 7.18. The largest absolute Gasteiger partial charge is 0.497 e. The van der Waals surface area contributed by atoms with Crippen molar-refractivity contribution in [3.05, 3.63) is 30.2 Å². The molecule has 6 nitrogen and oxygen atoms in total. The van der Waals surface area contributed by atoms with E-state index in [4.69, 9.17) is 9.26 Å². The lowest BCUT2D eigenvalue weighted by Crippen LogP contribution is -2.34. The van der Waals surface area contributed by atoms with Crippen molar-refractivity contribution in [2.75, 3.05) is 7.11 Å². The molecule has 0 aliphatic heterocycles. The SMILES string of the molecule is CC[C@@H](C)[C@H](NC(=O)CC(C)(C)C)c1nc(-c2cccc(OC)c2)no1. The van der Waals surface area contributed by atoms with Crippen LogP contribution in [0.15, 0.2) is 28.8 Å². The number of ether oxygens (including phenoxy) is 1. The van der Waals surface area contributed by atoms with Gasteiger partial charge in [0.2, 0.25) is 17.6 Å². The van der Waals surface area contributed by atoms with Crippen molar-refractivity contribution in [1.29, 1.82) is 0 Å². The highest BCUT2D eigenvalue weighted by Gasteiger charge is 2.28. The van der Waals surface area contributed by atoms with Gasteiger partial charge in [-0.05, 0) is 23.5 Å². The van der Waals surface area contributed by atoms with E-state index >= 15 is 0 Å². The van der Waals surface area contributed by atoms with Gasteiger partial charge in [0.25, 0.3) is 0 Å². The Kier molecular flexibility index (Phi) is 6.40. The lowest BCUT2D eigenvalue weighted by Gasteiger charge is -2.23. The maximum absolute atomic E-state index is 12.4. The predicted molar refractivity (Wildman–Crippen MR) is 101 cm³/mol. The number of carbonyl (C=O) groups is 1. The molecule has 1 aromatic carbocycles. The number of nitrogens with zero attached hydrogens (tertiary/aromatic N) is 2. The first-order chi connectivity index (χ1) is 12.2. The molecule has 1 N–H and O–H groups in total. The molecule has 26 heavy (non-hydrogen) atoms. The Morgan fingerprint density at radius 3 is 2.69 bits per heavy atom. The number of rotatable bonds is 7. The summed E-state index contributed by atoms with van der Waals surface area (Å²) in [5.41, 5.74) is 0.730. The van der Waals surface area contributed by atoms with Crippen molar-refractivity contribution < 1.29 is 14.1 Å². The van der Waals surface area contributed by atoms with E-state index in [1.54, 1.807) is 7.11 Å². The van der Waals surface area contributed by atoms with E-state index in [0.717, 1.165) is 17.7 Å². The second kappa shape index (κ2) is 8.34. The number of carbonyl (C=O) groups excluding carboxylic acids is 1. The Labute approximate surface area is 155 Å². The minimum Gasteiger partial charge on any atom is -0.497 e.